The summed E-state index contributed by atoms with van der Waals surface area (Å²) < 4.78 is 11.0. The SMILES string of the molecule is CCC(Sc1cccc(NC(=O)/C(=C\c2cccc(OC)c2OC)NC(=O)c2ccccc2)c1)C(=O)Nc1sc2c(c1C#N)CCC(c1ccccc1)C2. The fraction of sp³-hybridized carbons (Fsp3) is 0.209. The second kappa shape index (κ2) is 17.8. The number of fused-ring (bicyclic) bond motifs is 1. The van der Waals surface area contributed by atoms with Crippen molar-refractivity contribution in [2.24, 2.45) is 0 Å². The normalized spacial score (nSPS) is 14.2. The average molecular weight is 757 g/mol. The largest absolute Gasteiger partial charge is 0.493 e. The molecule has 0 fully saturated rings. The molecule has 3 amide bonds. The second-order valence-electron chi connectivity index (χ2n) is 12.6. The Bertz CT molecular complexity index is 2210. The quantitative estimate of drug-likeness (QED) is 0.0809. The third-order valence-corrected chi connectivity index (χ3v) is 11.7. The maximum Gasteiger partial charge on any atom is 0.272 e. The third kappa shape index (κ3) is 8.85. The van der Waals surface area contributed by atoms with Crippen LogP contribution in [-0.2, 0) is 22.4 Å². The zero-order valence-corrected chi connectivity index (χ0v) is 31.8. The molecule has 6 rings (SSSR count). The van der Waals surface area contributed by atoms with Crippen LogP contribution in [0.25, 0.3) is 6.08 Å². The molecule has 2 unspecified atom stereocenters. The van der Waals surface area contributed by atoms with E-state index in [1.54, 1.807) is 66.7 Å². The maximum atomic E-state index is 13.8. The van der Waals surface area contributed by atoms with Gasteiger partial charge in [0, 0.05) is 26.6 Å². The second-order valence-corrected chi connectivity index (χ2v) is 15.0. The first-order valence-electron chi connectivity index (χ1n) is 17.6. The van der Waals surface area contributed by atoms with Gasteiger partial charge in [-0.2, -0.15) is 5.26 Å². The van der Waals surface area contributed by atoms with Crippen LogP contribution in [0.5, 0.6) is 11.5 Å². The summed E-state index contributed by atoms with van der Waals surface area (Å²) in [7, 11) is 3.02. The Morgan fingerprint density at radius 3 is 2.39 bits per heavy atom. The summed E-state index contributed by atoms with van der Waals surface area (Å²) in [5.41, 5.74) is 4.28. The number of hydrogen-bond acceptors (Lipinski definition) is 8. The third-order valence-electron chi connectivity index (χ3n) is 9.18. The van der Waals surface area contributed by atoms with Gasteiger partial charge in [0.1, 0.15) is 16.8 Å². The molecule has 1 aliphatic rings. The van der Waals surface area contributed by atoms with E-state index in [0.717, 1.165) is 34.6 Å². The molecule has 5 aromatic rings. The van der Waals surface area contributed by atoms with Gasteiger partial charge in [-0.25, -0.2) is 0 Å². The number of para-hydroxylation sites is 1. The molecule has 0 saturated carbocycles. The van der Waals surface area contributed by atoms with Crippen LogP contribution in [0.4, 0.5) is 10.7 Å². The molecular weight excluding hydrogens is 717 g/mol. The number of ether oxygens (including phenoxy) is 2. The number of carbonyl (C=O) groups is 3. The Balaban J connectivity index is 1.18. The van der Waals surface area contributed by atoms with E-state index in [9.17, 15) is 19.6 Å². The first kappa shape index (κ1) is 37.9. The van der Waals surface area contributed by atoms with E-state index >= 15 is 0 Å². The summed E-state index contributed by atoms with van der Waals surface area (Å²) in [5, 5.41) is 19.0. The summed E-state index contributed by atoms with van der Waals surface area (Å²) in [6.07, 6.45) is 4.68. The molecule has 9 nitrogen and oxygen atoms in total. The van der Waals surface area contributed by atoms with Crippen molar-refractivity contribution in [1.82, 2.24) is 5.32 Å². The highest BCUT2D eigenvalue weighted by Crippen LogP contribution is 2.42. The number of amides is 3. The molecule has 3 N–H and O–H groups in total. The predicted octanol–water partition coefficient (Wildman–Crippen LogP) is 8.83. The number of rotatable bonds is 13. The van der Waals surface area contributed by atoms with Gasteiger partial charge in [0.15, 0.2) is 11.5 Å². The Morgan fingerprint density at radius 2 is 1.69 bits per heavy atom. The number of hydrogen-bond donors (Lipinski definition) is 3. The maximum absolute atomic E-state index is 13.8. The lowest BCUT2D eigenvalue weighted by molar-refractivity contribution is -0.116. The van der Waals surface area contributed by atoms with Gasteiger partial charge in [0.2, 0.25) is 5.91 Å². The lowest BCUT2D eigenvalue weighted by atomic mass is 9.83. The number of thiophene rings is 1. The molecule has 1 aliphatic carbocycles. The van der Waals surface area contributed by atoms with Gasteiger partial charge in [-0.15, -0.1) is 23.1 Å². The van der Waals surface area contributed by atoms with Crippen molar-refractivity contribution in [2.75, 3.05) is 24.9 Å². The van der Waals surface area contributed by atoms with Crippen LogP contribution in [0.15, 0.2) is 114 Å². The molecule has 0 saturated heterocycles. The van der Waals surface area contributed by atoms with E-state index in [1.807, 2.05) is 19.1 Å². The van der Waals surface area contributed by atoms with E-state index in [2.05, 4.69) is 46.3 Å². The van der Waals surface area contributed by atoms with Crippen LogP contribution < -0.4 is 25.4 Å². The molecule has 0 radical (unpaired) electrons. The Labute approximate surface area is 323 Å². The highest BCUT2D eigenvalue weighted by atomic mass is 32.2. The number of thioether (sulfide) groups is 1. The van der Waals surface area contributed by atoms with Crippen molar-refractivity contribution >= 4 is 57.6 Å². The molecule has 1 aromatic heterocycles. The van der Waals surface area contributed by atoms with Crippen molar-refractivity contribution in [3.05, 3.63) is 142 Å². The van der Waals surface area contributed by atoms with Crippen molar-refractivity contribution in [3.8, 4) is 17.6 Å². The summed E-state index contributed by atoms with van der Waals surface area (Å²) in [6, 6.07) is 33.9. The molecule has 54 heavy (non-hydrogen) atoms. The van der Waals surface area contributed by atoms with Crippen molar-refractivity contribution in [3.63, 3.8) is 0 Å². The molecule has 1 heterocycles. The van der Waals surface area contributed by atoms with Gasteiger partial charge in [0.05, 0.1) is 25.0 Å². The Morgan fingerprint density at radius 1 is 0.944 bits per heavy atom. The molecule has 4 aromatic carbocycles. The monoisotopic (exact) mass is 756 g/mol. The van der Waals surface area contributed by atoms with Gasteiger partial charge >= 0.3 is 0 Å². The summed E-state index contributed by atoms with van der Waals surface area (Å²) in [6.45, 7) is 1.94. The number of anilines is 2. The smallest absolute Gasteiger partial charge is 0.272 e. The number of benzene rings is 4. The minimum absolute atomic E-state index is 0.0127. The highest BCUT2D eigenvalue weighted by Gasteiger charge is 2.29. The Hall–Kier alpha value is -5.83. The number of methoxy groups -OCH3 is 2. The first-order valence-corrected chi connectivity index (χ1v) is 19.3. The number of carbonyl (C=O) groups excluding carboxylic acids is 3. The van der Waals surface area contributed by atoms with Crippen LogP contribution in [0.3, 0.4) is 0 Å². The van der Waals surface area contributed by atoms with Crippen LogP contribution in [0.1, 0.15) is 63.2 Å². The van der Waals surface area contributed by atoms with Crippen LogP contribution in [-0.4, -0.2) is 37.2 Å². The van der Waals surface area contributed by atoms with Gasteiger partial charge in [0.25, 0.3) is 11.8 Å². The molecule has 0 spiro atoms. The molecule has 274 valence electrons. The van der Waals surface area contributed by atoms with E-state index in [4.69, 9.17) is 9.47 Å². The first-order chi connectivity index (χ1) is 26.3. The number of nitriles is 1. The predicted molar refractivity (Wildman–Crippen MR) is 215 cm³/mol. The minimum Gasteiger partial charge on any atom is -0.493 e. The molecule has 0 bridgehead atoms. The molecule has 11 heteroatoms. The standard InChI is InChI=1S/C43H40N4O5S2/c1-4-37(42(50)47-43-34(26-44)33-22-21-29(24-38(33)54-43)27-13-7-5-8-14-27)53-32-19-12-18-31(25-32)45-41(49)35(46-40(48)28-15-9-6-10-16-28)23-30-17-11-20-36(51-2)39(30)52-3/h5-20,23,25,29,37H,4,21-22,24H2,1-3H3,(H,45,49)(H,46,48)(H,47,50)/b35-23+. The average Bonchev–Trinajstić information content (AvgIpc) is 3.56. The van der Waals surface area contributed by atoms with Crippen LogP contribution in [0.2, 0.25) is 0 Å². The summed E-state index contributed by atoms with van der Waals surface area (Å²) in [5.74, 6) is 0.0584. The van der Waals surface area contributed by atoms with Gasteiger partial charge in [-0.05, 0) is 85.2 Å². The fourth-order valence-electron chi connectivity index (χ4n) is 6.45. The Kier molecular flexibility index (Phi) is 12.5. The fourth-order valence-corrected chi connectivity index (χ4v) is 8.74. The zero-order valence-electron chi connectivity index (χ0n) is 30.2. The molecule has 2 atom stereocenters. The summed E-state index contributed by atoms with van der Waals surface area (Å²) >= 11 is 2.88. The lowest BCUT2D eigenvalue weighted by Gasteiger charge is -2.22. The van der Waals surface area contributed by atoms with E-state index in [1.165, 1.54) is 49.0 Å². The van der Waals surface area contributed by atoms with Gasteiger partial charge in [-0.3, -0.25) is 14.4 Å². The van der Waals surface area contributed by atoms with Crippen molar-refractivity contribution in [1.29, 1.82) is 5.26 Å². The van der Waals surface area contributed by atoms with Crippen molar-refractivity contribution in [2.45, 2.75) is 48.7 Å². The molecular formula is C43H40N4O5S2. The van der Waals surface area contributed by atoms with E-state index in [-0.39, 0.29) is 11.6 Å². The van der Waals surface area contributed by atoms with Crippen LogP contribution >= 0.6 is 23.1 Å². The van der Waals surface area contributed by atoms with Gasteiger partial charge in [-0.1, -0.05) is 73.7 Å². The lowest BCUT2D eigenvalue weighted by Crippen LogP contribution is -2.30. The number of nitrogens with zero attached hydrogens (tertiary/aromatic N) is 1. The van der Waals surface area contributed by atoms with E-state index < -0.39 is 17.1 Å². The highest BCUT2D eigenvalue weighted by molar-refractivity contribution is 8.00. The summed E-state index contributed by atoms with van der Waals surface area (Å²) in [4.78, 5) is 42.6. The topological polar surface area (TPSA) is 130 Å². The zero-order chi connectivity index (χ0) is 38.0. The van der Waals surface area contributed by atoms with Crippen molar-refractivity contribution < 1.29 is 23.9 Å². The molecule has 0 aliphatic heterocycles. The van der Waals surface area contributed by atoms with Crippen LogP contribution in [0, 0.1) is 11.3 Å². The van der Waals surface area contributed by atoms with Gasteiger partial charge < -0.3 is 25.4 Å². The van der Waals surface area contributed by atoms with E-state index in [0.29, 0.717) is 51.2 Å². The minimum atomic E-state index is -0.559. The number of nitrogens with one attached hydrogen (secondary N) is 3.